The molecule has 0 aliphatic rings. The van der Waals surface area contributed by atoms with E-state index in [9.17, 15) is 18.0 Å². The summed E-state index contributed by atoms with van der Waals surface area (Å²) in [7, 11) is 0. The Hall–Kier alpha value is -1.50. The van der Waals surface area contributed by atoms with Gasteiger partial charge in [0.2, 0.25) is 5.91 Å². The van der Waals surface area contributed by atoms with Crippen LogP contribution in [-0.4, -0.2) is 24.2 Å². The van der Waals surface area contributed by atoms with Gasteiger partial charge in [0, 0.05) is 6.04 Å². The van der Waals surface area contributed by atoms with Gasteiger partial charge < -0.3 is 15.1 Å². The lowest BCUT2D eigenvalue weighted by Gasteiger charge is -2.20. The molecule has 1 aromatic rings. The quantitative estimate of drug-likeness (QED) is 0.839. The molecule has 2 atom stereocenters. The van der Waals surface area contributed by atoms with Crippen LogP contribution in [-0.2, 0) is 11.3 Å². The number of halogens is 3. The van der Waals surface area contributed by atoms with Gasteiger partial charge in [-0.1, -0.05) is 0 Å². The summed E-state index contributed by atoms with van der Waals surface area (Å²) in [5, 5.41) is 5.18. The molecule has 7 heteroatoms. The van der Waals surface area contributed by atoms with E-state index in [0.717, 1.165) is 0 Å². The van der Waals surface area contributed by atoms with Crippen molar-refractivity contribution in [3.63, 3.8) is 0 Å². The van der Waals surface area contributed by atoms with E-state index in [0.29, 0.717) is 5.76 Å². The van der Waals surface area contributed by atoms with Crippen molar-refractivity contribution in [3.05, 3.63) is 24.2 Å². The Kier molecular flexibility index (Phi) is 5.41. The molecule has 0 fully saturated rings. The molecular weight excluding hydrogens is 261 g/mol. The molecule has 2 unspecified atom stereocenters. The summed E-state index contributed by atoms with van der Waals surface area (Å²) in [5.41, 5.74) is 0. The minimum absolute atomic E-state index is 0.214. The van der Waals surface area contributed by atoms with Crippen LogP contribution in [0.4, 0.5) is 13.2 Å². The van der Waals surface area contributed by atoms with Crippen molar-refractivity contribution in [3.8, 4) is 0 Å². The lowest BCUT2D eigenvalue weighted by Crippen LogP contribution is -2.46. The lowest BCUT2D eigenvalue weighted by atomic mass is 10.2. The number of nitrogens with one attached hydrogen (secondary N) is 2. The van der Waals surface area contributed by atoms with Crippen LogP contribution in [0.3, 0.4) is 0 Å². The van der Waals surface area contributed by atoms with E-state index in [1.54, 1.807) is 12.1 Å². The number of hydrogen-bond acceptors (Lipinski definition) is 3. The third-order valence-electron chi connectivity index (χ3n) is 2.48. The van der Waals surface area contributed by atoms with Gasteiger partial charge in [-0.05, 0) is 26.0 Å². The first-order chi connectivity index (χ1) is 8.78. The van der Waals surface area contributed by atoms with Crippen LogP contribution >= 0.6 is 0 Å². The second-order valence-corrected chi connectivity index (χ2v) is 4.41. The molecule has 4 nitrogen and oxygen atoms in total. The summed E-state index contributed by atoms with van der Waals surface area (Å²) in [6, 6.07) is 1.87. The zero-order chi connectivity index (χ0) is 14.5. The maximum absolute atomic E-state index is 12.1. The standard InChI is InChI=1S/C12H17F3N2O2/c1-8(6-12(13,14)15)17-9(2)11(18)16-7-10-4-3-5-19-10/h3-5,8-9,17H,6-7H2,1-2H3,(H,16,18). The molecule has 1 heterocycles. The van der Waals surface area contributed by atoms with E-state index in [1.807, 2.05) is 0 Å². The van der Waals surface area contributed by atoms with E-state index < -0.39 is 24.7 Å². The van der Waals surface area contributed by atoms with Crippen molar-refractivity contribution in [2.45, 2.75) is 45.1 Å². The Bertz CT molecular complexity index is 390. The normalized spacial score (nSPS) is 15.0. The van der Waals surface area contributed by atoms with E-state index >= 15 is 0 Å². The molecule has 108 valence electrons. The second kappa shape index (κ2) is 6.60. The molecule has 0 aliphatic heterocycles. The highest BCUT2D eigenvalue weighted by molar-refractivity contribution is 5.81. The van der Waals surface area contributed by atoms with E-state index in [1.165, 1.54) is 20.1 Å². The number of alkyl halides is 3. The molecule has 0 spiro atoms. The zero-order valence-corrected chi connectivity index (χ0v) is 10.8. The van der Waals surface area contributed by atoms with Gasteiger partial charge in [0.15, 0.2) is 0 Å². The number of furan rings is 1. The summed E-state index contributed by atoms with van der Waals surface area (Å²) < 4.78 is 41.4. The van der Waals surface area contributed by atoms with Crippen molar-refractivity contribution in [2.75, 3.05) is 0 Å². The van der Waals surface area contributed by atoms with Crippen LogP contribution in [0.1, 0.15) is 26.0 Å². The van der Waals surface area contributed by atoms with Gasteiger partial charge in [-0.3, -0.25) is 4.79 Å². The molecular formula is C12H17F3N2O2. The summed E-state index contributed by atoms with van der Waals surface area (Å²) >= 11 is 0. The fourth-order valence-electron chi connectivity index (χ4n) is 1.65. The van der Waals surface area contributed by atoms with Crippen molar-refractivity contribution in [2.24, 2.45) is 0 Å². The second-order valence-electron chi connectivity index (χ2n) is 4.41. The predicted molar refractivity (Wildman–Crippen MR) is 63.3 cm³/mol. The van der Waals surface area contributed by atoms with Crippen LogP contribution in [0.5, 0.6) is 0 Å². The van der Waals surface area contributed by atoms with Gasteiger partial charge in [-0.25, -0.2) is 0 Å². The lowest BCUT2D eigenvalue weighted by molar-refractivity contribution is -0.140. The third kappa shape index (κ3) is 6.28. The van der Waals surface area contributed by atoms with Crippen molar-refractivity contribution in [1.82, 2.24) is 10.6 Å². The summed E-state index contributed by atoms with van der Waals surface area (Å²) in [4.78, 5) is 11.6. The molecule has 0 saturated carbocycles. The zero-order valence-electron chi connectivity index (χ0n) is 10.8. The monoisotopic (exact) mass is 278 g/mol. The first-order valence-corrected chi connectivity index (χ1v) is 5.91. The molecule has 0 bridgehead atoms. The summed E-state index contributed by atoms with van der Waals surface area (Å²) in [6.45, 7) is 3.12. The average Bonchev–Trinajstić information content (AvgIpc) is 2.75. The molecule has 0 radical (unpaired) electrons. The van der Waals surface area contributed by atoms with Gasteiger partial charge in [-0.2, -0.15) is 13.2 Å². The number of carbonyl (C=O) groups excluding carboxylic acids is 1. The van der Waals surface area contributed by atoms with Gasteiger partial charge >= 0.3 is 6.18 Å². The molecule has 0 aromatic carbocycles. The highest BCUT2D eigenvalue weighted by Gasteiger charge is 2.30. The van der Waals surface area contributed by atoms with E-state index in [4.69, 9.17) is 4.42 Å². The van der Waals surface area contributed by atoms with Crippen LogP contribution in [0.2, 0.25) is 0 Å². The van der Waals surface area contributed by atoms with E-state index in [2.05, 4.69) is 10.6 Å². The number of rotatable bonds is 6. The Labute approximate surface area is 109 Å². The SMILES string of the molecule is CC(CC(F)(F)F)NC(C)C(=O)NCc1ccco1. The minimum Gasteiger partial charge on any atom is -0.467 e. The van der Waals surface area contributed by atoms with Crippen LogP contribution in [0.15, 0.2) is 22.8 Å². The summed E-state index contributed by atoms with van der Waals surface area (Å²) in [6.07, 6.45) is -3.73. The van der Waals surface area contributed by atoms with E-state index in [-0.39, 0.29) is 12.5 Å². The van der Waals surface area contributed by atoms with Gasteiger partial charge in [0.25, 0.3) is 0 Å². The van der Waals surface area contributed by atoms with Gasteiger partial charge in [0.1, 0.15) is 5.76 Å². The van der Waals surface area contributed by atoms with Crippen LogP contribution in [0.25, 0.3) is 0 Å². The Morgan fingerprint density at radius 1 is 1.42 bits per heavy atom. The van der Waals surface area contributed by atoms with Crippen molar-refractivity contribution >= 4 is 5.91 Å². The van der Waals surface area contributed by atoms with Crippen LogP contribution in [0, 0.1) is 0 Å². The minimum atomic E-state index is -4.24. The third-order valence-corrected chi connectivity index (χ3v) is 2.48. The summed E-state index contributed by atoms with van der Waals surface area (Å²) in [5.74, 6) is 0.217. The molecule has 1 rings (SSSR count). The van der Waals surface area contributed by atoms with Gasteiger partial charge in [0.05, 0.1) is 25.3 Å². The highest BCUT2D eigenvalue weighted by atomic mass is 19.4. The predicted octanol–water partition coefficient (Wildman–Crippen LogP) is 2.21. The first-order valence-electron chi connectivity index (χ1n) is 5.91. The Morgan fingerprint density at radius 2 is 2.11 bits per heavy atom. The fraction of sp³-hybridized carbons (Fsp3) is 0.583. The Balaban J connectivity index is 2.32. The maximum Gasteiger partial charge on any atom is 0.390 e. The molecule has 1 aromatic heterocycles. The van der Waals surface area contributed by atoms with Crippen LogP contribution < -0.4 is 10.6 Å². The molecule has 2 N–H and O–H groups in total. The largest absolute Gasteiger partial charge is 0.467 e. The number of carbonyl (C=O) groups is 1. The number of amides is 1. The van der Waals surface area contributed by atoms with Crippen molar-refractivity contribution in [1.29, 1.82) is 0 Å². The molecule has 0 aliphatic carbocycles. The highest BCUT2D eigenvalue weighted by Crippen LogP contribution is 2.21. The molecule has 1 amide bonds. The Morgan fingerprint density at radius 3 is 2.63 bits per heavy atom. The topological polar surface area (TPSA) is 54.3 Å². The first kappa shape index (κ1) is 15.6. The smallest absolute Gasteiger partial charge is 0.390 e. The van der Waals surface area contributed by atoms with Gasteiger partial charge in [-0.15, -0.1) is 0 Å². The number of hydrogen-bond donors (Lipinski definition) is 2. The molecule has 19 heavy (non-hydrogen) atoms. The average molecular weight is 278 g/mol. The maximum atomic E-state index is 12.1. The molecule has 0 saturated heterocycles. The fourth-order valence-corrected chi connectivity index (χ4v) is 1.65. The van der Waals surface area contributed by atoms with Crippen molar-refractivity contribution < 1.29 is 22.4 Å².